The maximum absolute atomic E-state index is 12.7. The molecular formula is C24H33N3O2. The molecular weight excluding hydrogens is 362 g/mol. The minimum atomic E-state index is 0.152. The van der Waals surface area contributed by atoms with Crippen molar-refractivity contribution in [3.05, 3.63) is 36.0 Å². The molecule has 4 rings (SSSR count). The van der Waals surface area contributed by atoms with Gasteiger partial charge in [0.25, 0.3) is 0 Å². The predicted octanol–water partition coefficient (Wildman–Crippen LogP) is 4.13. The van der Waals surface area contributed by atoms with Crippen LogP contribution in [0.15, 0.2) is 30.5 Å². The van der Waals surface area contributed by atoms with Gasteiger partial charge < -0.3 is 14.8 Å². The number of aromatic amines is 1. The number of carbonyl (C=O) groups is 2. The molecule has 1 N–H and O–H groups in total. The maximum Gasteiger partial charge on any atom is 0.227 e. The second-order valence-corrected chi connectivity index (χ2v) is 8.69. The Hall–Kier alpha value is -2.30. The van der Waals surface area contributed by atoms with Gasteiger partial charge in [0.05, 0.1) is 6.42 Å². The zero-order chi connectivity index (χ0) is 20.1. The van der Waals surface area contributed by atoms with Crippen molar-refractivity contribution in [2.24, 2.45) is 5.92 Å². The summed E-state index contributed by atoms with van der Waals surface area (Å²) in [6.45, 7) is 2.63. The lowest BCUT2D eigenvalue weighted by Crippen LogP contribution is -2.50. The third kappa shape index (κ3) is 5.01. The molecule has 2 aromatic rings. The van der Waals surface area contributed by atoms with E-state index in [1.54, 1.807) is 0 Å². The highest BCUT2D eigenvalue weighted by Gasteiger charge is 2.24. The molecule has 5 heteroatoms. The van der Waals surface area contributed by atoms with Gasteiger partial charge in [-0.15, -0.1) is 0 Å². The third-order valence-electron chi connectivity index (χ3n) is 6.73. The molecule has 156 valence electrons. The van der Waals surface area contributed by atoms with E-state index >= 15 is 0 Å². The van der Waals surface area contributed by atoms with Crippen molar-refractivity contribution in [1.82, 2.24) is 14.8 Å². The highest BCUT2D eigenvalue weighted by molar-refractivity contribution is 5.89. The summed E-state index contributed by atoms with van der Waals surface area (Å²) in [5, 5.41) is 1.12. The molecule has 0 spiro atoms. The molecule has 0 atom stereocenters. The number of carbonyl (C=O) groups excluding carboxylic acids is 2. The van der Waals surface area contributed by atoms with Gasteiger partial charge in [0, 0.05) is 49.7 Å². The summed E-state index contributed by atoms with van der Waals surface area (Å²) < 4.78 is 0. The van der Waals surface area contributed by atoms with Gasteiger partial charge in [-0.1, -0.05) is 50.3 Å². The van der Waals surface area contributed by atoms with Gasteiger partial charge in [0.1, 0.15) is 0 Å². The maximum atomic E-state index is 12.7. The molecule has 1 aliphatic carbocycles. The summed E-state index contributed by atoms with van der Waals surface area (Å²) in [4.78, 5) is 32.4. The summed E-state index contributed by atoms with van der Waals surface area (Å²) in [5.41, 5.74) is 2.12. The summed E-state index contributed by atoms with van der Waals surface area (Å²) in [6.07, 6.45) is 12.1. The normalized spacial score (nSPS) is 18.3. The van der Waals surface area contributed by atoms with E-state index in [1.807, 2.05) is 34.2 Å². The number of rotatable bonds is 6. The molecule has 0 radical (unpaired) electrons. The van der Waals surface area contributed by atoms with E-state index in [0.29, 0.717) is 39.0 Å². The van der Waals surface area contributed by atoms with Crippen LogP contribution in [0, 0.1) is 5.92 Å². The van der Waals surface area contributed by atoms with Crippen LogP contribution in [0.2, 0.25) is 0 Å². The monoisotopic (exact) mass is 395 g/mol. The number of hydrogen-bond acceptors (Lipinski definition) is 2. The number of aromatic nitrogens is 1. The van der Waals surface area contributed by atoms with Crippen LogP contribution in [0.4, 0.5) is 0 Å². The molecule has 0 unspecified atom stereocenters. The summed E-state index contributed by atoms with van der Waals surface area (Å²) >= 11 is 0. The smallest absolute Gasteiger partial charge is 0.227 e. The second kappa shape index (κ2) is 9.47. The van der Waals surface area contributed by atoms with Crippen LogP contribution >= 0.6 is 0 Å². The van der Waals surface area contributed by atoms with Crippen LogP contribution in [-0.4, -0.2) is 52.8 Å². The standard InChI is InChI=1S/C24H33N3O2/c28-23(12-6-9-19-7-2-1-3-8-19)26-13-15-27(16-14-26)24(29)17-20-18-25-22-11-5-4-10-21(20)22/h4-5,10-11,18-19,25H,1-3,6-9,12-17H2. The summed E-state index contributed by atoms with van der Waals surface area (Å²) in [5.74, 6) is 1.26. The van der Waals surface area contributed by atoms with Gasteiger partial charge in [0.2, 0.25) is 11.8 Å². The Balaban J connectivity index is 1.20. The number of benzene rings is 1. The van der Waals surface area contributed by atoms with Crippen LogP contribution in [0.5, 0.6) is 0 Å². The number of H-pyrrole nitrogens is 1. The first kappa shape index (κ1) is 20.0. The van der Waals surface area contributed by atoms with Crippen LogP contribution in [-0.2, 0) is 16.0 Å². The number of hydrogen-bond donors (Lipinski definition) is 1. The number of fused-ring (bicyclic) bond motifs is 1. The topological polar surface area (TPSA) is 56.4 Å². The van der Waals surface area contributed by atoms with Crippen LogP contribution in [0.3, 0.4) is 0 Å². The largest absolute Gasteiger partial charge is 0.361 e. The molecule has 2 fully saturated rings. The van der Waals surface area contributed by atoms with E-state index < -0.39 is 0 Å². The van der Waals surface area contributed by atoms with Crippen molar-refractivity contribution in [2.75, 3.05) is 26.2 Å². The molecule has 1 aliphatic heterocycles. The molecule has 1 saturated heterocycles. The van der Waals surface area contributed by atoms with Crippen molar-refractivity contribution in [1.29, 1.82) is 0 Å². The Labute approximate surface area is 173 Å². The number of para-hydroxylation sites is 1. The van der Waals surface area contributed by atoms with E-state index in [9.17, 15) is 9.59 Å². The van der Waals surface area contributed by atoms with Crippen LogP contribution in [0.1, 0.15) is 56.9 Å². The molecule has 1 aromatic carbocycles. The zero-order valence-electron chi connectivity index (χ0n) is 17.4. The molecule has 1 aromatic heterocycles. The van der Waals surface area contributed by atoms with Gasteiger partial charge in [-0.3, -0.25) is 9.59 Å². The Bertz CT molecular complexity index is 830. The van der Waals surface area contributed by atoms with E-state index in [0.717, 1.165) is 28.8 Å². The fourth-order valence-corrected chi connectivity index (χ4v) is 4.93. The van der Waals surface area contributed by atoms with E-state index in [-0.39, 0.29) is 11.8 Å². The van der Waals surface area contributed by atoms with E-state index in [1.165, 1.54) is 38.5 Å². The first-order valence-corrected chi connectivity index (χ1v) is 11.3. The molecule has 2 aliphatic rings. The SMILES string of the molecule is O=C(CCCC1CCCCC1)N1CCN(C(=O)Cc2c[nH]c3ccccc23)CC1. The number of nitrogens with one attached hydrogen (secondary N) is 1. The Kier molecular flexibility index (Phi) is 6.53. The Morgan fingerprint density at radius 2 is 1.62 bits per heavy atom. The lowest BCUT2D eigenvalue weighted by Gasteiger charge is -2.35. The predicted molar refractivity (Wildman–Crippen MR) is 116 cm³/mol. The Morgan fingerprint density at radius 1 is 0.931 bits per heavy atom. The highest BCUT2D eigenvalue weighted by atomic mass is 16.2. The third-order valence-corrected chi connectivity index (χ3v) is 6.73. The van der Waals surface area contributed by atoms with Gasteiger partial charge in [-0.25, -0.2) is 0 Å². The molecule has 5 nitrogen and oxygen atoms in total. The summed E-state index contributed by atoms with van der Waals surface area (Å²) in [6, 6.07) is 8.08. The molecule has 29 heavy (non-hydrogen) atoms. The number of nitrogens with zero attached hydrogens (tertiary/aromatic N) is 2. The van der Waals surface area contributed by atoms with Crippen LogP contribution < -0.4 is 0 Å². The van der Waals surface area contributed by atoms with Gasteiger partial charge in [-0.2, -0.15) is 0 Å². The molecule has 1 saturated carbocycles. The number of piperazine rings is 1. The lowest BCUT2D eigenvalue weighted by atomic mass is 9.86. The van der Waals surface area contributed by atoms with E-state index in [2.05, 4.69) is 11.1 Å². The minimum Gasteiger partial charge on any atom is -0.361 e. The summed E-state index contributed by atoms with van der Waals surface area (Å²) in [7, 11) is 0. The van der Waals surface area contributed by atoms with Crippen molar-refractivity contribution in [3.63, 3.8) is 0 Å². The van der Waals surface area contributed by atoms with Gasteiger partial charge in [0.15, 0.2) is 0 Å². The van der Waals surface area contributed by atoms with Crippen molar-refractivity contribution in [3.8, 4) is 0 Å². The zero-order valence-corrected chi connectivity index (χ0v) is 17.4. The first-order valence-electron chi connectivity index (χ1n) is 11.3. The minimum absolute atomic E-state index is 0.152. The first-order chi connectivity index (χ1) is 14.2. The van der Waals surface area contributed by atoms with E-state index in [4.69, 9.17) is 0 Å². The molecule has 2 amide bonds. The average Bonchev–Trinajstić information content (AvgIpc) is 3.17. The lowest BCUT2D eigenvalue weighted by molar-refractivity contribution is -0.139. The second-order valence-electron chi connectivity index (χ2n) is 8.69. The average molecular weight is 396 g/mol. The van der Waals surface area contributed by atoms with Crippen molar-refractivity contribution < 1.29 is 9.59 Å². The van der Waals surface area contributed by atoms with Crippen molar-refractivity contribution >= 4 is 22.7 Å². The highest BCUT2D eigenvalue weighted by Crippen LogP contribution is 2.28. The number of amides is 2. The van der Waals surface area contributed by atoms with Crippen molar-refractivity contribution in [2.45, 2.75) is 57.8 Å². The quantitative estimate of drug-likeness (QED) is 0.799. The molecule has 0 bridgehead atoms. The van der Waals surface area contributed by atoms with Crippen LogP contribution in [0.25, 0.3) is 10.9 Å². The molecule has 2 heterocycles. The fraction of sp³-hybridized carbons (Fsp3) is 0.583. The van der Waals surface area contributed by atoms with Gasteiger partial charge >= 0.3 is 0 Å². The fourth-order valence-electron chi connectivity index (χ4n) is 4.93. The Morgan fingerprint density at radius 3 is 2.38 bits per heavy atom. The van der Waals surface area contributed by atoms with Gasteiger partial charge in [-0.05, 0) is 30.4 Å².